The summed E-state index contributed by atoms with van der Waals surface area (Å²) in [7, 11) is 0. The molecule has 0 radical (unpaired) electrons. The highest BCUT2D eigenvalue weighted by atomic mass is 35.5. The highest BCUT2D eigenvalue weighted by Gasteiger charge is 2.27. The van der Waals surface area contributed by atoms with E-state index in [0.29, 0.717) is 0 Å². The van der Waals surface area contributed by atoms with Gasteiger partial charge in [-0.1, -0.05) is 36.8 Å². The molecule has 4 nitrogen and oxygen atoms in total. The molecule has 1 fully saturated rings. The van der Waals surface area contributed by atoms with Crippen molar-refractivity contribution in [2.24, 2.45) is 11.7 Å². The van der Waals surface area contributed by atoms with E-state index in [9.17, 15) is 4.79 Å². The molecule has 1 aliphatic rings. The number of nitrogens with two attached hydrogens (primary N) is 1. The predicted octanol–water partition coefficient (Wildman–Crippen LogP) is 4.24. The van der Waals surface area contributed by atoms with Crippen LogP contribution in [-0.4, -0.2) is 16.9 Å². The highest BCUT2D eigenvalue weighted by molar-refractivity contribution is 7.15. The minimum absolute atomic E-state index is 0. The number of rotatable bonds is 4. The molecule has 6 heteroatoms. The third-order valence-electron chi connectivity index (χ3n) is 4.69. The highest BCUT2D eigenvalue weighted by Crippen LogP contribution is 2.32. The van der Waals surface area contributed by atoms with Gasteiger partial charge in [0, 0.05) is 17.5 Å². The van der Waals surface area contributed by atoms with Crippen molar-refractivity contribution in [3.05, 3.63) is 40.9 Å². The van der Waals surface area contributed by atoms with Crippen molar-refractivity contribution < 1.29 is 4.79 Å². The average molecular weight is 380 g/mol. The quantitative estimate of drug-likeness (QED) is 0.834. The first-order chi connectivity index (χ1) is 11.5. The molecule has 3 unspecified atom stereocenters. The van der Waals surface area contributed by atoms with Crippen LogP contribution in [0.4, 0.5) is 0 Å². The van der Waals surface area contributed by atoms with Gasteiger partial charge < -0.3 is 11.1 Å². The summed E-state index contributed by atoms with van der Waals surface area (Å²) in [6.07, 6.45) is 3.83. The second kappa shape index (κ2) is 8.79. The fourth-order valence-corrected chi connectivity index (χ4v) is 4.45. The molecule has 1 heterocycles. The van der Waals surface area contributed by atoms with Crippen LogP contribution in [0, 0.1) is 12.8 Å². The molecule has 1 aromatic heterocycles. The topological polar surface area (TPSA) is 68.0 Å². The predicted molar refractivity (Wildman–Crippen MR) is 106 cm³/mol. The van der Waals surface area contributed by atoms with E-state index < -0.39 is 0 Å². The van der Waals surface area contributed by atoms with Crippen LogP contribution >= 0.6 is 23.7 Å². The molecule has 1 amide bonds. The van der Waals surface area contributed by atoms with Crippen LogP contribution in [0.1, 0.15) is 49.2 Å². The number of nitrogens with zero attached hydrogens (tertiary/aromatic N) is 1. The smallest absolute Gasteiger partial charge is 0.223 e. The lowest BCUT2D eigenvalue weighted by molar-refractivity contribution is -0.126. The third-order valence-corrected chi connectivity index (χ3v) is 6.08. The maximum atomic E-state index is 12.5. The Morgan fingerprint density at radius 1 is 1.32 bits per heavy atom. The van der Waals surface area contributed by atoms with Crippen molar-refractivity contribution in [2.75, 3.05) is 0 Å². The van der Waals surface area contributed by atoms with Crippen LogP contribution < -0.4 is 11.1 Å². The van der Waals surface area contributed by atoms with Crippen molar-refractivity contribution in [3.8, 4) is 10.6 Å². The van der Waals surface area contributed by atoms with Gasteiger partial charge in [-0.2, -0.15) is 0 Å². The number of benzene rings is 1. The van der Waals surface area contributed by atoms with Crippen molar-refractivity contribution >= 4 is 29.7 Å². The number of nitrogens with one attached hydrogen (secondary N) is 1. The van der Waals surface area contributed by atoms with Gasteiger partial charge in [-0.25, -0.2) is 4.98 Å². The number of halogens is 1. The van der Waals surface area contributed by atoms with Crippen molar-refractivity contribution in [3.63, 3.8) is 0 Å². The molecule has 0 bridgehead atoms. The summed E-state index contributed by atoms with van der Waals surface area (Å²) in [4.78, 5) is 18.3. The Morgan fingerprint density at radius 2 is 2.04 bits per heavy atom. The number of thiazole rings is 1. The summed E-state index contributed by atoms with van der Waals surface area (Å²) in [6, 6.07) is 10.3. The molecule has 2 aromatic rings. The maximum absolute atomic E-state index is 12.5. The SMILES string of the molecule is Cc1nc(-c2ccccc2)sc1C(C)NC(=O)C1CCCC(N)C1.Cl. The van der Waals surface area contributed by atoms with Crippen LogP contribution in [0.3, 0.4) is 0 Å². The summed E-state index contributed by atoms with van der Waals surface area (Å²) in [5, 5.41) is 4.17. The van der Waals surface area contributed by atoms with Crippen LogP contribution in [0.25, 0.3) is 10.6 Å². The van der Waals surface area contributed by atoms with Gasteiger partial charge in [-0.3, -0.25) is 4.79 Å². The fourth-order valence-electron chi connectivity index (χ4n) is 3.38. The van der Waals surface area contributed by atoms with Gasteiger partial charge in [0.15, 0.2) is 0 Å². The van der Waals surface area contributed by atoms with Gasteiger partial charge in [0.05, 0.1) is 16.6 Å². The van der Waals surface area contributed by atoms with E-state index in [2.05, 4.69) is 22.4 Å². The molecule has 3 atom stereocenters. The van der Waals surface area contributed by atoms with Crippen LogP contribution in [0.5, 0.6) is 0 Å². The number of aryl methyl sites for hydroxylation is 1. The zero-order valence-electron chi connectivity index (χ0n) is 14.7. The zero-order valence-corrected chi connectivity index (χ0v) is 16.3. The van der Waals surface area contributed by atoms with Crippen molar-refractivity contribution in [2.45, 2.75) is 51.6 Å². The number of hydrogen-bond acceptors (Lipinski definition) is 4. The van der Waals surface area contributed by atoms with E-state index in [1.807, 2.05) is 32.0 Å². The molecule has 136 valence electrons. The standard InChI is InChI=1S/C19H25N3OS.ClH/c1-12(21-18(23)15-9-6-10-16(20)11-15)17-13(2)22-19(24-17)14-7-4-3-5-8-14;/h3-5,7-8,12,15-16H,6,9-11,20H2,1-2H3,(H,21,23);1H. The first kappa shape index (κ1) is 19.9. The first-order valence-electron chi connectivity index (χ1n) is 8.63. The van der Waals surface area contributed by atoms with Gasteiger partial charge in [0.25, 0.3) is 0 Å². The molecule has 1 aliphatic carbocycles. The Hall–Kier alpha value is -1.43. The second-order valence-corrected chi connectivity index (χ2v) is 7.72. The molecule has 0 saturated heterocycles. The van der Waals surface area contributed by atoms with Crippen molar-refractivity contribution in [1.82, 2.24) is 10.3 Å². The Kier molecular flexibility index (Phi) is 6.99. The molecule has 1 saturated carbocycles. The summed E-state index contributed by atoms with van der Waals surface area (Å²) in [5.41, 5.74) is 8.12. The van der Waals surface area contributed by atoms with Gasteiger partial charge in [0.1, 0.15) is 5.01 Å². The Bertz CT molecular complexity index is 704. The van der Waals surface area contributed by atoms with Crippen LogP contribution in [0.15, 0.2) is 30.3 Å². The van der Waals surface area contributed by atoms with E-state index >= 15 is 0 Å². The van der Waals surface area contributed by atoms with Crippen LogP contribution in [-0.2, 0) is 4.79 Å². The molecular weight excluding hydrogens is 354 g/mol. The van der Waals surface area contributed by atoms with E-state index in [1.165, 1.54) is 0 Å². The Balaban J connectivity index is 0.00000225. The van der Waals surface area contributed by atoms with Gasteiger partial charge in [-0.15, -0.1) is 23.7 Å². The third kappa shape index (κ3) is 4.81. The van der Waals surface area contributed by atoms with E-state index in [1.54, 1.807) is 11.3 Å². The monoisotopic (exact) mass is 379 g/mol. The summed E-state index contributed by atoms with van der Waals surface area (Å²) < 4.78 is 0. The molecule has 1 aromatic carbocycles. The molecule has 3 rings (SSSR count). The largest absolute Gasteiger partial charge is 0.348 e. The zero-order chi connectivity index (χ0) is 17.1. The molecule has 25 heavy (non-hydrogen) atoms. The first-order valence-corrected chi connectivity index (χ1v) is 9.45. The fraction of sp³-hybridized carbons (Fsp3) is 0.474. The average Bonchev–Trinajstić information content (AvgIpc) is 2.97. The minimum Gasteiger partial charge on any atom is -0.348 e. The van der Waals surface area contributed by atoms with Gasteiger partial charge in [0.2, 0.25) is 5.91 Å². The van der Waals surface area contributed by atoms with Gasteiger partial charge >= 0.3 is 0 Å². The second-order valence-electron chi connectivity index (χ2n) is 6.69. The summed E-state index contributed by atoms with van der Waals surface area (Å²) >= 11 is 1.66. The number of aromatic nitrogens is 1. The molecular formula is C19H26ClN3OS. The summed E-state index contributed by atoms with van der Waals surface area (Å²) in [5.74, 6) is 0.185. The number of carbonyl (C=O) groups excluding carboxylic acids is 1. The normalized spacial score (nSPS) is 21.2. The van der Waals surface area contributed by atoms with E-state index in [4.69, 9.17) is 5.73 Å². The number of carbonyl (C=O) groups is 1. The number of hydrogen-bond donors (Lipinski definition) is 2. The lowest BCUT2D eigenvalue weighted by Crippen LogP contribution is -2.38. The van der Waals surface area contributed by atoms with Crippen molar-refractivity contribution in [1.29, 1.82) is 0 Å². The summed E-state index contributed by atoms with van der Waals surface area (Å²) in [6.45, 7) is 4.05. The molecule has 3 N–H and O–H groups in total. The van der Waals surface area contributed by atoms with Crippen LogP contribution in [0.2, 0.25) is 0 Å². The number of amides is 1. The van der Waals surface area contributed by atoms with E-state index in [0.717, 1.165) is 46.8 Å². The Labute approximate surface area is 159 Å². The lowest BCUT2D eigenvalue weighted by atomic mass is 9.85. The molecule has 0 spiro atoms. The minimum atomic E-state index is -0.0226. The maximum Gasteiger partial charge on any atom is 0.223 e. The Morgan fingerprint density at radius 3 is 2.72 bits per heavy atom. The van der Waals surface area contributed by atoms with E-state index in [-0.39, 0.29) is 36.3 Å². The van der Waals surface area contributed by atoms with Gasteiger partial charge in [-0.05, 0) is 33.1 Å². The molecule has 0 aliphatic heterocycles. The lowest BCUT2D eigenvalue weighted by Gasteiger charge is -2.27.